The zero-order chi connectivity index (χ0) is 9.54. The Hall–Kier alpha value is -1.04. The van der Waals surface area contributed by atoms with Gasteiger partial charge in [-0.2, -0.15) is 0 Å². The van der Waals surface area contributed by atoms with Gasteiger partial charge < -0.3 is 0 Å². The number of benzene rings is 1. The summed E-state index contributed by atoms with van der Waals surface area (Å²) < 4.78 is 0. The Morgan fingerprint density at radius 2 is 1.71 bits per heavy atom. The number of fused-ring (bicyclic) bond motifs is 2. The topological polar surface area (TPSA) is 0 Å². The molecule has 0 N–H and O–H groups in total. The van der Waals surface area contributed by atoms with Gasteiger partial charge in [-0.1, -0.05) is 42.0 Å². The smallest absolute Gasteiger partial charge is 0.00906 e. The lowest BCUT2D eigenvalue weighted by atomic mass is 9.83. The Morgan fingerprint density at radius 3 is 2.36 bits per heavy atom. The molecule has 2 aliphatic carbocycles. The zero-order valence-corrected chi connectivity index (χ0v) is 8.61. The van der Waals surface area contributed by atoms with Crippen molar-refractivity contribution in [2.75, 3.05) is 0 Å². The summed E-state index contributed by atoms with van der Waals surface area (Å²) in [4.78, 5) is 0. The summed E-state index contributed by atoms with van der Waals surface area (Å²) in [6, 6.07) is 11.0. The van der Waals surface area contributed by atoms with E-state index in [9.17, 15) is 0 Å². The lowest BCUT2D eigenvalue weighted by molar-refractivity contribution is 0.557. The van der Waals surface area contributed by atoms with Crippen molar-refractivity contribution < 1.29 is 0 Å². The fourth-order valence-electron chi connectivity index (χ4n) is 3.28. The first-order chi connectivity index (χ1) is 6.84. The zero-order valence-electron chi connectivity index (χ0n) is 8.61. The van der Waals surface area contributed by atoms with Crippen LogP contribution in [0.5, 0.6) is 0 Å². The van der Waals surface area contributed by atoms with Crippen LogP contribution in [0.4, 0.5) is 0 Å². The SMILES string of the molecule is CC1=CC2CC1C(c1ccccc1)C2. The molecular weight excluding hydrogens is 168 g/mol. The molecule has 3 unspecified atom stereocenters. The molecular formula is C14H16. The maximum Gasteiger partial charge on any atom is -0.00906 e. The second-order valence-corrected chi connectivity index (χ2v) is 4.77. The molecule has 3 rings (SSSR count). The van der Waals surface area contributed by atoms with Crippen molar-refractivity contribution in [3.05, 3.63) is 47.5 Å². The number of rotatable bonds is 1. The third-order valence-electron chi connectivity index (χ3n) is 3.91. The van der Waals surface area contributed by atoms with Gasteiger partial charge in [0, 0.05) is 0 Å². The van der Waals surface area contributed by atoms with Gasteiger partial charge in [-0.25, -0.2) is 0 Å². The van der Waals surface area contributed by atoms with Gasteiger partial charge in [-0.05, 0) is 43.1 Å². The lowest BCUT2D eigenvalue weighted by Gasteiger charge is -2.22. The first-order valence-electron chi connectivity index (χ1n) is 5.58. The van der Waals surface area contributed by atoms with Crippen LogP contribution in [0.3, 0.4) is 0 Å². The molecule has 14 heavy (non-hydrogen) atoms. The Balaban J connectivity index is 1.93. The van der Waals surface area contributed by atoms with Crippen LogP contribution >= 0.6 is 0 Å². The molecule has 0 aliphatic heterocycles. The number of allylic oxidation sites excluding steroid dienone is 2. The summed E-state index contributed by atoms with van der Waals surface area (Å²) in [6.07, 6.45) is 5.28. The molecule has 1 aromatic rings. The molecule has 2 aliphatic rings. The van der Waals surface area contributed by atoms with Gasteiger partial charge in [0.2, 0.25) is 0 Å². The van der Waals surface area contributed by atoms with Crippen molar-refractivity contribution in [1.82, 2.24) is 0 Å². The standard InChI is InChI=1S/C14H16/c1-10-7-11-8-13(10)14(9-11)12-5-3-2-4-6-12/h2-7,11,13-14H,8-9H2,1H3. The number of hydrogen-bond donors (Lipinski definition) is 0. The van der Waals surface area contributed by atoms with Crippen molar-refractivity contribution in [3.8, 4) is 0 Å². The molecule has 0 amide bonds. The third-order valence-corrected chi connectivity index (χ3v) is 3.91. The Labute approximate surface area is 85.6 Å². The van der Waals surface area contributed by atoms with E-state index < -0.39 is 0 Å². The highest BCUT2D eigenvalue weighted by Gasteiger charge is 2.39. The maximum absolute atomic E-state index is 2.49. The molecule has 1 fully saturated rings. The summed E-state index contributed by atoms with van der Waals surface area (Å²) in [5.41, 5.74) is 3.18. The van der Waals surface area contributed by atoms with E-state index in [1.807, 2.05) is 0 Å². The molecule has 0 nitrogen and oxygen atoms in total. The highest BCUT2D eigenvalue weighted by Crippen LogP contribution is 2.51. The van der Waals surface area contributed by atoms with Gasteiger partial charge in [-0.3, -0.25) is 0 Å². The highest BCUT2D eigenvalue weighted by molar-refractivity contribution is 5.30. The van der Waals surface area contributed by atoms with Gasteiger partial charge in [0.15, 0.2) is 0 Å². The monoisotopic (exact) mass is 184 g/mol. The van der Waals surface area contributed by atoms with E-state index in [4.69, 9.17) is 0 Å². The third kappa shape index (κ3) is 1.13. The molecule has 2 bridgehead atoms. The largest absolute Gasteiger partial charge is 0.0821 e. The Kier molecular flexibility index (Phi) is 1.76. The predicted octanol–water partition coefficient (Wildman–Crippen LogP) is 3.76. The first-order valence-corrected chi connectivity index (χ1v) is 5.58. The van der Waals surface area contributed by atoms with Crippen molar-refractivity contribution in [1.29, 1.82) is 0 Å². The molecule has 1 aromatic carbocycles. The minimum Gasteiger partial charge on any atom is -0.0821 e. The average Bonchev–Trinajstić information content (AvgIpc) is 2.77. The predicted molar refractivity (Wildman–Crippen MR) is 59.2 cm³/mol. The lowest BCUT2D eigenvalue weighted by Crippen LogP contribution is -2.08. The fraction of sp³-hybridized carbons (Fsp3) is 0.429. The minimum atomic E-state index is 0.811. The van der Waals surface area contributed by atoms with Crippen LogP contribution in [-0.2, 0) is 0 Å². The molecule has 0 aromatic heterocycles. The van der Waals surface area contributed by atoms with Crippen LogP contribution < -0.4 is 0 Å². The molecule has 0 heterocycles. The Bertz CT molecular complexity index is 361. The average molecular weight is 184 g/mol. The van der Waals surface area contributed by atoms with Crippen molar-refractivity contribution in [3.63, 3.8) is 0 Å². The van der Waals surface area contributed by atoms with E-state index in [1.165, 1.54) is 12.8 Å². The van der Waals surface area contributed by atoms with Crippen molar-refractivity contribution in [2.24, 2.45) is 11.8 Å². The molecule has 0 spiro atoms. The van der Waals surface area contributed by atoms with Gasteiger partial charge >= 0.3 is 0 Å². The highest BCUT2D eigenvalue weighted by atomic mass is 14.4. The summed E-state index contributed by atoms with van der Waals surface area (Å²) in [5.74, 6) is 2.54. The van der Waals surface area contributed by atoms with Gasteiger partial charge in [-0.15, -0.1) is 0 Å². The van der Waals surface area contributed by atoms with Gasteiger partial charge in [0.25, 0.3) is 0 Å². The van der Waals surface area contributed by atoms with Crippen LogP contribution in [0.2, 0.25) is 0 Å². The van der Waals surface area contributed by atoms with E-state index >= 15 is 0 Å². The Morgan fingerprint density at radius 1 is 1.00 bits per heavy atom. The van der Waals surface area contributed by atoms with E-state index in [0.717, 1.165) is 17.8 Å². The van der Waals surface area contributed by atoms with Gasteiger partial charge in [0.05, 0.1) is 0 Å². The summed E-state index contributed by atoms with van der Waals surface area (Å²) in [5, 5.41) is 0. The molecule has 3 atom stereocenters. The van der Waals surface area contributed by atoms with E-state index in [1.54, 1.807) is 11.1 Å². The van der Waals surface area contributed by atoms with Gasteiger partial charge in [0.1, 0.15) is 0 Å². The fourth-order valence-corrected chi connectivity index (χ4v) is 3.28. The maximum atomic E-state index is 2.49. The van der Waals surface area contributed by atoms with Crippen LogP contribution in [-0.4, -0.2) is 0 Å². The van der Waals surface area contributed by atoms with E-state index in [-0.39, 0.29) is 0 Å². The molecule has 0 heteroatoms. The summed E-state index contributed by atoms with van der Waals surface area (Å²) in [7, 11) is 0. The summed E-state index contributed by atoms with van der Waals surface area (Å²) >= 11 is 0. The molecule has 72 valence electrons. The van der Waals surface area contributed by atoms with Crippen molar-refractivity contribution >= 4 is 0 Å². The normalized spacial score (nSPS) is 34.6. The number of hydrogen-bond acceptors (Lipinski definition) is 0. The quantitative estimate of drug-likeness (QED) is 0.583. The molecule has 0 saturated heterocycles. The molecule has 0 radical (unpaired) electrons. The molecule has 1 saturated carbocycles. The summed E-state index contributed by atoms with van der Waals surface area (Å²) in [6.45, 7) is 2.31. The first kappa shape index (κ1) is 8.28. The minimum absolute atomic E-state index is 0.811. The van der Waals surface area contributed by atoms with E-state index in [2.05, 4.69) is 43.3 Å². The van der Waals surface area contributed by atoms with Crippen LogP contribution in [0.25, 0.3) is 0 Å². The second kappa shape index (κ2) is 2.98. The van der Waals surface area contributed by atoms with Crippen LogP contribution in [0.1, 0.15) is 31.2 Å². The van der Waals surface area contributed by atoms with E-state index in [0.29, 0.717) is 0 Å². The van der Waals surface area contributed by atoms with Crippen LogP contribution in [0.15, 0.2) is 42.0 Å². The van der Waals surface area contributed by atoms with Crippen LogP contribution in [0, 0.1) is 11.8 Å². The second-order valence-electron chi connectivity index (χ2n) is 4.77. The van der Waals surface area contributed by atoms with Crippen molar-refractivity contribution in [2.45, 2.75) is 25.7 Å².